The SMILES string of the molecule is COC(=O)Nc1nc(NCc2cc(C)on2)c2c(cnn2Cc2ccc(C(=O)OC)cc2OC)n1. The molecule has 35 heavy (non-hydrogen) atoms. The quantitative estimate of drug-likeness (QED) is 0.357. The van der Waals surface area contributed by atoms with E-state index >= 15 is 0 Å². The van der Waals surface area contributed by atoms with Crippen LogP contribution in [0.25, 0.3) is 11.0 Å². The predicted octanol–water partition coefficient (Wildman–Crippen LogP) is 2.76. The van der Waals surface area contributed by atoms with E-state index in [1.54, 1.807) is 42.1 Å². The highest BCUT2D eigenvalue weighted by Gasteiger charge is 2.18. The molecule has 0 radical (unpaired) electrons. The third kappa shape index (κ3) is 5.13. The fourth-order valence-corrected chi connectivity index (χ4v) is 3.40. The molecule has 0 saturated carbocycles. The monoisotopic (exact) mass is 481 g/mol. The molecule has 0 atom stereocenters. The Balaban J connectivity index is 1.71. The van der Waals surface area contributed by atoms with Crippen molar-refractivity contribution in [2.75, 3.05) is 32.0 Å². The van der Waals surface area contributed by atoms with Crippen LogP contribution in [0.2, 0.25) is 0 Å². The zero-order chi connectivity index (χ0) is 24.9. The molecule has 4 rings (SSSR count). The van der Waals surface area contributed by atoms with E-state index in [0.717, 1.165) is 5.56 Å². The van der Waals surface area contributed by atoms with Crippen molar-refractivity contribution in [3.05, 3.63) is 53.0 Å². The molecule has 1 amide bonds. The molecule has 0 aliphatic rings. The molecule has 0 fully saturated rings. The minimum Gasteiger partial charge on any atom is -0.496 e. The first-order chi connectivity index (χ1) is 16.9. The maximum atomic E-state index is 11.9. The summed E-state index contributed by atoms with van der Waals surface area (Å²) in [6.45, 7) is 2.40. The van der Waals surface area contributed by atoms with E-state index in [1.165, 1.54) is 21.3 Å². The molecule has 0 aliphatic carbocycles. The van der Waals surface area contributed by atoms with Gasteiger partial charge in [-0.15, -0.1) is 0 Å². The van der Waals surface area contributed by atoms with Crippen molar-refractivity contribution in [2.24, 2.45) is 0 Å². The van der Waals surface area contributed by atoms with E-state index in [0.29, 0.717) is 52.7 Å². The number of anilines is 2. The van der Waals surface area contributed by atoms with E-state index in [1.807, 2.05) is 0 Å². The molecule has 3 heterocycles. The van der Waals surface area contributed by atoms with Gasteiger partial charge in [0.25, 0.3) is 0 Å². The number of carbonyl (C=O) groups excluding carboxylic acids is 2. The summed E-state index contributed by atoms with van der Waals surface area (Å²) in [5.41, 5.74) is 2.86. The predicted molar refractivity (Wildman–Crippen MR) is 123 cm³/mol. The lowest BCUT2D eigenvalue weighted by atomic mass is 10.1. The molecule has 0 aliphatic heterocycles. The molecule has 1 aromatic carbocycles. The van der Waals surface area contributed by atoms with Gasteiger partial charge >= 0.3 is 12.1 Å². The van der Waals surface area contributed by atoms with Gasteiger partial charge in [-0.05, 0) is 19.1 Å². The molecule has 13 nitrogen and oxygen atoms in total. The topological polar surface area (TPSA) is 156 Å². The van der Waals surface area contributed by atoms with Gasteiger partial charge in [0.1, 0.15) is 28.2 Å². The highest BCUT2D eigenvalue weighted by Crippen LogP contribution is 2.27. The van der Waals surface area contributed by atoms with Crippen molar-refractivity contribution >= 4 is 34.9 Å². The maximum absolute atomic E-state index is 11.9. The van der Waals surface area contributed by atoms with Crippen LogP contribution in [0.15, 0.2) is 35.0 Å². The number of ether oxygens (including phenoxy) is 3. The van der Waals surface area contributed by atoms with Crippen LogP contribution in [-0.4, -0.2) is 58.3 Å². The summed E-state index contributed by atoms with van der Waals surface area (Å²) in [5.74, 6) is 1.16. The van der Waals surface area contributed by atoms with Crippen LogP contribution in [0, 0.1) is 6.92 Å². The van der Waals surface area contributed by atoms with Crippen molar-refractivity contribution in [2.45, 2.75) is 20.0 Å². The number of nitrogens with zero attached hydrogens (tertiary/aromatic N) is 5. The molecule has 0 saturated heterocycles. The summed E-state index contributed by atoms with van der Waals surface area (Å²) in [5, 5.41) is 14.1. The third-order valence-electron chi connectivity index (χ3n) is 5.03. The second-order valence-corrected chi connectivity index (χ2v) is 7.35. The molecule has 4 aromatic rings. The average molecular weight is 481 g/mol. The second-order valence-electron chi connectivity index (χ2n) is 7.35. The molecule has 3 aromatic heterocycles. The molecule has 0 unspecified atom stereocenters. The molecular weight excluding hydrogens is 458 g/mol. The highest BCUT2D eigenvalue weighted by atomic mass is 16.5. The fourth-order valence-electron chi connectivity index (χ4n) is 3.40. The van der Waals surface area contributed by atoms with E-state index in [2.05, 4.69) is 35.6 Å². The van der Waals surface area contributed by atoms with Gasteiger partial charge in [-0.2, -0.15) is 10.1 Å². The van der Waals surface area contributed by atoms with Crippen LogP contribution < -0.4 is 15.4 Å². The maximum Gasteiger partial charge on any atom is 0.413 e. The molecule has 13 heteroatoms. The van der Waals surface area contributed by atoms with Crippen LogP contribution in [0.4, 0.5) is 16.6 Å². The summed E-state index contributed by atoms with van der Waals surface area (Å²) < 4.78 is 21.7. The fraction of sp³-hybridized carbons (Fsp3) is 0.273. The summed E-state index contributed by atoms with van der Waals surface area (Å²) in [4.78, 5) is 32.4. The minimum atomic E-state index is -0.703. The Bertz CT molecular complexity index is 1380. The lowest BCUT2D eigenvalue weighted by molar-refractivity contribution is 0.0600. The van der Waals surface area contributed by atoms with Gasteiger partial charge in [-0.1, -0.05) is 11.2 Å². The highest BCUT2D eigenvalue weighted by molar-refractivity contribution is 5.90. The van der Waals surface area contributed by atoms with Crippen LogP contribution in [-0.2, 0) is 22.6 Å². The number of amides is 1. The Morgan fingerprint density at radius 3 is 2.63 bits per heavy atom. The Morgan fingerprint density at radius 2 is 1.94 bits per heavy atom. The number of fused-ring (bicyclic) bond motifs is 1. The zero-order valence-corrected chi connectivity index (χ0v) is 19.5. The van der Waals surface area contributed by atoms with Crippen molar-refractivity contribution in [1.29, 1.82) is 0 Å². The summed E-state index contributed by atoms with van der Waals surface area (Å²) >= 11 is 0. The zero-order valence-electron chi connectivity index (χ0n) is 19.5. The summed E-state index contributed by atoms with van der Waals surface area (Å²) in [7, 11) is 4.08. The normalized spacial score (nSPS) is 10.7. The first-order valence-corrected chi connectivity index (χ1v) is 10.4. The van der Waals surface area contributed by atoms with Crippen molar-refractivity contribution in [3.63, 3.8) is 0 Å². The Labute approximate surface area is 199 Å². The Morgan fingerprint density at radius 1 is 1.11 bits per heavy atom. The smallest absolute Gasteiger partial charge is 0.413 e. The van der Waals surface area contributed by atoms with Crippen LogP contribution in [0.5, 0.6) is 5.75 Å². The first kappa shape index (κ1) is 23.5. The Kier molecular flexibility index (Phi) is 6.76. The second kappa shape index (κ2) is 10.1. The first-order valence-electron chi connectivity index (χ1n) is 10.4. The van der Waals surface area contributed by atoms with E-state index in [4.69, 9.17) is 14.0 Å². The van der Waals surface area contributed by atoms with Crippen molar-refractivity contribution in [1.82, 2.24) is 24.9 Å². The third-order valence-corrected chi connectivity index (χ3v) is 5.03. The number of nitrogens with one attached hydrogen (secondary N) is 2. The number of aromatic nitrogens is 5. The lowest BCUT2D eigenvalue weighted by Gasteiger charge is -2.13. The van der Waals surface area contributed by atoms with E-state index in [-0.39, 0.29) is 5.95 Å². The van der Waals surface area contributed by atoms with E-state index in [9.17, 15) is 9.59 Å². The molecule has 2 N–H and O–H groups in total. The number of benzene rings is 1. The molecule has 0 spiro atoms. The van der Waals surface area contributed by atoms with Gasteiger partial charge in [0.15, 0.2) is 5.82 Å². The standard InChI is InChI=1S/C22H23N7O6/c1-12-7-15(28-35-12)9-23-19-18-16(25-21(26-19)27-22(31)34-4)10-24-29(18)11-14-6-5-13(20(30)33-3)8-17(14)32-2/h5-8,10H,9,11H2,1-4H3,(H2,23,25,26,27,31). The Hall–Kier alpha value is -4.68. The number of methoxy groups -OCH3 is 3. The summed E-state index contributed by atoms with van der Waals surface area (Å²) in [6.07, 6.45) is 0.852. The van der Waals surface area contributed by atoms with Gasteiger partial charge in [0, 0.05) is 11.6 Å². The van der Waals surface area contributed by atoms with Gasteiger partial charge in [0.05, 0.1) is 46.2 Å². The van der Waals surface area contributed by atoms with E-state index < -0.39 is 12.1 Å². The molecular formula is C22H23N7O6. The average Bonchev–Trinajstić information content (AvgIpc) is 3.47. The number of aryl methyl sites for hydroxylation is 1. The summed E-state index contributed by atoms with van der Waals surface area (Å²) in [6, 6.07) is 6.81. The number of hydrogen-bond acceptors (Lipinski definition) is 11. The van der Waals surface area contributed by atoms with Gasteiger partial charge in [-0.25, -0.2) is 14.6 Å². The lowest BCUT2D eigenvalue weighted by Crippen LogP contribution is -2.15. The molecule has 0 bridgehead atoms. The largest absolute Gasteiger partial charge is 0.496 e. The van der Waals surface area contributed by atoms with Gasteiger partial charge in [0.2, 0.25) is 5.95 Å². The van der Waals surface area contributed by atoms with Crippen LogP contribution in [0.1, 0.15) is 27.4 Å². The van der Waals surface area contributed by atoms with Gasteiger partial charge in [-0.3, -0.25) is 10.00 Å². The number of esters is 1. The van der Waals surface area contributed by atoms with Crippen molar-refractivity contribution in [3.8, 4) is 5.75 Å². The molecule has 182 valence electrons. The van der Waals surface area contributed by atoms with Gasteiger partial charge < -0.3 is 24.1 Å². The van der Waals surface area contributed by atoms with Crippen LogP contribution >= 0.6 is 0 Å². The van der Waals surface area contributed by atoms with Crippen molar-refractivity contribution < 1.29 is 28.3 Å². The van der Waals surface area contributed by atoms with Crippen LogP contribution in [0.3, 0.4) is 0 Å². The minimum absolute atomic E-state index is 0.0442. The number of rotatable bonds is 8. The number of hydrogen-bond donors (Lipinski definition) is 2. The number of carbonyl (C=O) groups is 2.